The van der Waals surface area contributed by atoms with Gasteiger partial charge in [0.2, 0.25) is 0 Å². The number of aliphatic hydroxyl groups excluding tert-OH is 2. The quantitative estimate of drug-likeness (QED) is 0.204. The molecule has 0 bridgehead atoms. The molecule has 5 nitrogen and oxygen atoms in total. The van der Waals surface area contributed by atoms with E-state index in [4.69, 9.17) is 11.1 Å². The molecule has 0 aliphatic rings. The Hall–Kier alpha value is -0.650. The number of hydrogen-bond acceptors (Lipinski definition) is 4. The number of hydrogen-bond donors (Lipinski definition) is 5. The molecule has 0 spiro atoms. The van der Waals surface area contributed by atoms with E-state index >= 15 is 0 Å². The maximum atomic E-state index is 10.5. The molecule has 0 radical (unpaired) electrons. The Morgan fingerprint density at radius 3 is 2.00 bits per heavy atom. The molecule has 0 amide bonds. The lowest BCUT2D eigenvalue weighted by Crippen LogP contribution is -2.57. The number of nitrogens with one attached hydrogen (secondary N) is 1. The van der Waals surface area contributed by atoms with Gasteiger partial charge in [-0.15, -0.1) is 0 Å². The monoisotopic (exact) mass is 302 g/mol. The molecule has 3 unspecified atom stereocenters. The average Bonchev–Trinajstić information content (AvgIpc) is 2.46. The summed E-state index contributed by atoms with van der Waals surface area (Å²) in [5.74, 6) is -0.459. The second-order valence-electron chi connectivity index (χ2n) is 6.01. The van der Waals surface area contributed by atoms with Gasteiger partial charge in [-0.25, -0.2) is 0 Å². The fourth-order valence-corrected chi connectivity index (χ4v) is 2.52. The molecule has 21 heavy (non-hydrogen) atoms. The number of rotatable bonds is 13. The molecule has 0 aromatic carbocycles. The Balaban J connectivity index is 4.43. The zero-order chi connectivity index (χ0) is 16.3. The first-order chi connectivity index (χ1) is 9.90. The first-order valence-corrected chi connectivity index (χ1v) is 8.33. The first kappa shape index (κ1) is 20.3. The van der Waals surface area contributed by atoms with Crippen molar-refractivity contribution in [3.05, 3.63) is 0 Å². The van der Waals surface area contributed by atoms with Gasteiger partial charge in [-0.1, -0.05) is 65.2 Å². The van der Waals surface area contributed by atoms with Crippen molar-refractivity contribution in [1.82, 2.24) is 0 Å². The number of unbranched alkanes of at least 4 members (excludes halogenated alkanes) is 6. The zero-order valence-corrected chi connectivity index (χ0v) is 13.6. The Morgan fingerprint density at radius 2 is 1.52 bits per heavy atom. The van der Waals surface area contributed by atoms with Gasteiger partial charge in [0.25, 0.3) is 0 Å². The van der Waals surface area contributed by atoms with Crippen molar-refractivity contribution in [2.24, 2.45) is 5.73 Å². The topological polar surface area (TPSA) is 111 Å². The first-order valence-electron chi connectivity index (χ1n) is 8.33. The standard InChI is InChI=1S/C16H34N2O3/c1-3-5-7-9-11-13(19)14(20)16(21,15(17)18)12-10-8-6-4-2/h13-14,19-21H,3-12H2,1-2H3,(H3,17,18). The molecular formula is C16H34N2O3. The highest BCUT2D eigenvalue weighted by molar-refractivity contribution is 5.86. The second-order valence-corrected chi connectivity index (χ2v) is 6.01. The van der Waals surface area contributed by atoms with Crippen molar-refractivity contribution < 1.29 is 15.3 Å². The van der Waals surface area contributed by atoms with E-state index in [1.54, 1.807) is 0 Å². The molecule has 6 N–H and O–H groups in total. The summed E-state index contributed by atoms with van der Waals surface area (Å²) in [4.78, 5) is 0. The predicted octanol–water partition coefficient (Wildman–Crippen LogP) is 2.32. The fourth-order valence-electron chi connectivity index (χ4n) is 2.52. The van der Waals surface area contributed by atoms with E-state index in [-0.39, 0.29) is 6.42 Å². The summed E-state index contributed by atoms with van der Waals surface area (Å²) in [6.07, 6.45) is 5.93. The lowest BCUT2D eigenvalue weighted by molar-refractivity contribution is -0.0960. The summed E-state index contributed by atoms with van der Waals surface area (Å²) >= 11 is 0. The fraction of sp³-hybridized carbons (Fsp3) is 0.938. The molecule has 0 aromatic rings. The lowest BCUT2D eigenvalue weighted by Gasteiger charge is -2.34. The van der Waals surface area contributed by atoms with Crippen LogP contribution in [0.25, 0.3) is 0 Å². The minimum atomic E-state index is -1.81. The molecule has 0 aromatic heterocycles. The molecule has 0 rings (SSSR count). The third-order valence-electron chi connectivity index (χ3n) is 4.09. The van der Waals surface area contributed by atoms with Crippen LogP contribution in [0.5, 0.6) is 0 Å². The summed E-state index contributed by atoms with van der Waals surface area (Å²) < 4.78 is 0. The van der Waals surface area contributed by atoms with Gasteiger partial charge in [0.1, 0.15) is 17.5 Å². The van der Waals surface area contributed by atoms with Gasteiger partial charge in [-0.2, -0.15) is 0 Å². The highest BCUT2D eigenvalue weighted by Gasteiger charge is 2.42. The zero-order valence-electron chi connectivity index (χ0n) is 13.6. The van der Waals surface area contributed by atoms with Gasteiger partial charge >= 0.3 is 0 Å². The van der Waals surface area contributed by atoms with Gasteiger partial charge in [-0.3, -0.25) is 5.41 Å². The van der Waals surface area contributed by atoms with Crippen molar-refractivity contribution in [2.75, 3.05) is 0 Å². The number of amidine groups is 1. The van der Waals surface area contributed by atoms with Crippen LogP contribution in [0.4, 0.5) is 0 Å². The summed E-state index contributed by atoms with van der Waals surface area (Å²) in [5, 5.41) is 38.3. The van der Waals surface area contributed by atoms with Crippen LogP contribution in [0.1, 0.15) is 78.1 Å². The summed E-state index contributed by atoms with van der Waals surface area (Å²) in [6.45, 7) is 4.20. The Labute approximate surface area is 129 Å². The molecule has 0 saturated heterocycles. The van der Waals surface area contributed by atoms with Gasteiger partial charge in [0.15, 0.2) is 0 Å². The molecule has 126 valence electrons. The molecule has 0 aliphatic heterocycles. The Bertz CT molecular complexity index is 287. The van der Waals surface area contributed by atoms with Crippen LogP contribution >= 0.6 is 0 Å². The van der Waals surface area contributed by atoms with Crippen LogP contribution in [-0.2, 0) is 0 Å². The second kappa shape index (κ2) is 11.0. The van der Waals surface area contributed by atoms with Crippen LogP contribution in [0.3, 0.4) is 0 Å². The van der Waals surface area contributed by atoms with Crippen LogP contribution in [0, 0.1) is 5.41 Å². The minimum absolute atomic E-state index is 0.218. The van der Waals surface area contributed by atoms with Crippen molar-refractivity contribution in [1.29, 1.82) is 5.41 Å². The van der Waals surface area contributed by atoms with Crippen molar-refractivity contribution in [2.45, 2.75) is 95.9 Å². The van der Waals surface area contributed by atoms with E-state index in [9.17, 15) is 15.3 Å². The van der Waals surface area contributed by atoms with Crippen LogP contribution in [0.15, 0.2) is 0 Å². The van der Waals surface area contributed by atoms with E-state index in [2.05, 4.69) is 13.8 Å². The van der Waals surface area contributed by atoms with Gasteiger partial charge in [0, 0.05) is 0 Å². The van der Waals surface area contributed by atoms with Gasteiger partial charge in [-0.05, 0) is 12.8 Å². The average molecular weight is 302 g/mol. The van der Waals surface area contributed by atoms with Crippen LogP contribution < -0.4 is 5.73 Å². The normalized spacial score (nSPS) is 17.2. The lowest BCUT2D eigenvalue weighted by atomic mass is 9.84. The maximum absolute atomic E-state index is 10.5. The molecule has 3 atom stereocenters. The van der Waals surface area contributed by atoms with Crippen molar-refractivity contribution in [3.8, 4) is 0 Å². The highest BCUT2D eigenvalue weighted by atomic mass is 16.4. The van der Waals surface area contributed by atoms with Gasteiger partial charge in [0.05, 0.1) is 6.10 Å². The third kappa shape index (κ3) is 7.25. The summed E-state index contributed by atoms with van der Waals surface area (Å²) in [5.41, 5.74) is 3.66. The number of aliphatic hydroxyl groups is 3. The Kier molecular flexibility index (Phi) is 10.6. The Morgan fingerprint density at radius 1 is 1.00 bits per heavy atom. The summed E-state index contributed by atoms with van der Waals surface area (Å²) in [7, 11) is 0. The molecule has 0 heterocycles. The van der Waals surface area contributed by atoms with Crippen molar-refractivity contribution in [3.63, 3.8) is 0 Å². The van der Waals surface area contributed by atoms with E-state index in [0.29, 0.717) is 12.8 Å². The SMILES string of the molecule is CCCCCCC(O)C(O)C(O)(CCCCCC)C(=N)N. The largest absolute Gasteiger partial charge is 0.390 e. The van der Waals surface area contributed by atoms with Crippen LogP contribution in [-0.4, -0.2) is 39.0 Å². The number of nitrogens with two attached hydrogens (primary N) is 1. The molecule has 0 fully saturated rings. The summed E-state index contributed by atoms with van der Waals surface area (Å²) in [6, 6.07) is 0. The van der Waals surface area contributed by atoms with Crippen molar-refractivity contribution >= 4 is 5.84 Å². The molecule has 5 heteroatoms. The smallest absolute Gasteiger partial charge is 0.149 e. The van der Waals surface area contributed by atoms with E-state index in [1.807, 2.05) is 0 Å². The van der Waals surface area contributed by atoms with Gasteiger partial charge < -0.3 is 21.1 Å². The molecular weight excluding hydrogens is 268 g/mol. The van der Waals surface area contributed by atoms with E-state index in [0.717, 1.165) is 44.9 Å². The molecule has 0 aliphatic carbocycles. The third-order valence-corrected chi connectivity index (χ3v) is 4.09. The maximum Gasteiger partial charge on any atom is 0.149 e. The highest BCUT2D eigenvalue weighted by Crippen LogP contribution is 2.24. The van der Waals surface area contributed by atoms with Crippen LogP contribution in [0.2, 0.25) is 0 Å². The van der Waals surface area contributed by atoms with E-state index in [1.165, 1.54) is 0 Å². The predicted molar refractivity (Wildman–Crippen MR) is 86.4 cm³/mol. The minimum Gasteiger partial charge on any atom is -0.390 e. The molecule has 0 saturated carbocycles. The van der Waals surface area contributed by atoms with E-state index < -0.39 is 23.6 Å².